The quantitative estimate of drug-likeness (QED) is 0.431. The van der Waals surface area contributed by atoms with E-state index in [-0.39, 0.29) is 18.7 Å². The fourth-order valence-electron chi connectivity index (χ4n) is 3.29. The van der Waals surface area contributed by atoms with Crippen molar-refractivity contribution in [3.63, 3.8) is 0 Å². The Labute approximate surface area is 168 Å². The van der Waals surface area contributed by atoms with E-state index < -0.39 is 0 Å². The Balaban J connectivity index is 1.64. The molecule has 0 unspecified atom stereocenters. The Morgan fingerprint density at radius 3 is 2.81 bits per heavy atom. The van der Waals surface area contributed by atoms with Crippen LogP contribution in [0.25, 0.3) is 0 Å². The first-order valence-electron chi connectivity index (χ1n) is 9.40. The third-order valence-electron chi connectivity index (χ3n) is 4.65. The van der Waals surface area contributed by atoms with Crippen molar-refractivity contribution in [2.45, 2.75) is 33.2 Å². The van der Waals surface area contributed by atoms with Crippen LogP contribution in [0.1, 0.15) is 32.3 Å². The van der Waals surface area contributed by atoms with Crippen LogP contribution < -0.4 is 14.8 Å². The predicted octanol–water partition coefficient (Wildman–Crippen LogP) is 2.92. The summed E-state index contributed by atoms with van der Waals surface area (Å²) in [6.45, 7) is 7.50. The van der Waals surface area contributed by atoms with Gasteiger partial charge in [0.25, 0.3) is 0 Å². The molecule has 0 spiro atoms. The molecule has 148 valence electrons. The van der Waals surface area contributed by atoms with Crippen molar-refractivity contribution in [1.29, 1.82) is 0 Å². The first-order chi connectivity index (χ1) is 13.1. The largest absolute Gasteiger partial charge is 0.466 e. The van der Waals surface area contributed by atoms with Crippen molar-refractivity contribution in [2.24, 2.45) is 10.9 Å². The van der Waals surface area contributed by atoms with E-state index in [0.29, 0.717) is 13.2 Å². The molecule has 0 atom stereocenters. The van der Waals surface area contributed by atoms with Gasteiger partial charge in [-0.3, -0.25) is 4.79 Å². The maximum Gasteiger partial charge on any atom is 0.309 e. The predicted molar refractivity (Wildman–Crippen MR) is 106 cm³/mol. The third kappa shape index (κ3) is 4.86. The summed E-state index contributed by atoms with van der Waals surface area (Å²) in [6.07, 6.45) is 1.58. The number of nitrogens with zero attached hydrogens (tertiary/aromatic N) is 2. The highest BCUT2D eigenvalue weighted by molar-refractivity contribution is 9.10. The van der Waals surface area contributed by atoms with Crippen molar-refractivity contribution in [3.05, 3.63) is 22.2 Å². The number of halogens is 1. The standard InChI is InChI=1S/C19H26BrN3O4/c1-3-21-19(23-7-5-14(6-8-23)18(24)25-4-2)22-11-13-9-15(20)17-16(10-13)26-12-27-17/h9-10,14H,3-8,11-12H2,1-2H3,(H,21,22). The molecule has 2 heterocycles. The van der Waals surface area contributed by atoms with E-state index in [1.165, 1.54) is 0 Å². The molecule has 1 aromatic rings. The van der Waals surface area contributed by atoms with Gasteiger partial charge in [-0.05, 0) is 60.3 Å². The van der Waals surface area contributed by atoms with Gasteiger partial charge in [0.05, 0.1) is 23.5 Å². The van der Waals surface area contributed by atoms with Crippen LogP contribution in [0.2, 0.25) is 0 Å². The van der Waals surface area contributed by atoms with Crippen LogP contribution >= 0.6 is 15.9 Å². The van der Waals surface area contributed by atoms with Crippen LogP contribution in [-0.2, 0) is 16.1 Å². The molecule has 1 aromatic carbocycles. The number of aliphatic imine (C=N–C) groups is 1. The molecule has 0 bridgehead atoms. The number of carbonyl (C=O) groups excluding carboxylic acids is 1. The number of nitrogens with one attached hydrogen (secondary N) is 1. The lowest BCUT2D eigenvalue weighted by Gasteiger charge is -2.33. The highest BCUT2D eigenvalue weighted by atomic mass is 79.9. The van der Waals surface area contributed by atoms with Crippen molar-refractivity contribution >= 4 is 27.9 Å². The molecule has 7 nitrogen and oxygen atoms in total. The van der Waals surface area contributed by atoms with Gasteiger partial charge >= 0.3 is 5.97 Å². The molecule has 2 aliphatic heterocycles. The van der Waals surface area contributed by atoms with Gasteiger partial charge in [0, 0.05) is 19.6 Å². The molecule has 1 N–H and O–H groups in total. The monoisotopic (exact) mass is 439 g/mol. The van der Waals surface area contributed by atoms with Crippen LogP contribution in [0.5, 0.6) is 11.5 Å². The topological polar surface area (TPSA) is 72.4 Å². The number of piperidine rings is 1. The second kappa shape index (κ2) is 9.30. The first kappa shape index (κ1) is 19.8. The molecule has 1 fully saturated rings. The zero-order valence-electron chi connectivity index (χ0n) is 15.8. The molecule has 0 aromatic heterocycles. The van der Waals surface area contributed by atoms with E-state index in [9.17, 15) is 4.79 Å². The summed E-state index contributed by atoms with van der Waals surface area (Å²) in [5, 5.41) is 3.35. The molecule has 0 saturated carbocycles. The second-order valence-corrected chi connectivity index (χ2v) is 7.35. The minimum Gasteiger partial charge on any atom is -0.466 e. The van der Waals surface area contributed by atoms with E-state index in [0.717, 1.165) is 60.0 Å². The molecule has 2 aliphatic rings. The minimum atomic E-state index is -0.0794. The van der Waals surface area contributed by atoms with Gasteiger partial charge in [0.1, 0.15) is 0 Å². The average Bonchev–Trinajstić information content (AvgIpc) is 3.15. The number of hydrogen-bond donors (Lipinski definition) is 1. The second-order valence-electron chi connectivity index (χ2n) is 6.49. The van der Waals surface area contributed by atoms with E-state index in [4.69, 9.17) is 19.2 Å². The van der Waals surface area contributed by atoms with Crippen molar-refractivity contribution < 1.29 is 19.0 Å². The average molecular weight is 440 g/mol. The number of ether oxygens (including phenoxy) is 3. The van der Waals surface area contributed by atoms with E-state index in [2.05, 4.69) is 33.1 Å². The number of rotatable bonds is 5. The van der Waals surface area contributed by atoms with E-state index >= 15 is 0 Å². The number of guanidine groups is 1. The lowest BCUT2D eigenvalue weighted by molar-refractivity contribution is -0.149. The van der Waals surface area contributed by atoms with Gasteiger partial charge in [-0.25, -0.2) is 4.99 Å². The summed E-state index contributed by atoms with van der Waals surface area (Å²) in [4.78, 5) is 18.9. The Morgan fingerprint density at radius 2 is 2.11 bits per heavy atom. The van der Waals surface area contributed by atoms with Crippen LogP contribution in [-0.4, -0.2) is 49.9 Å². The maximum absolute atomic E-state index is 11.9. The van der Waals surface area contributed by atoms with Gasteiger partial charge in [-0.1, -0.05) is 0 Å². The minimum absolute atomic E-state index is 0.00566. The van der Waals surface area contributed by atoms with Gasteiger partial charge in [-0.15, -0.1) is 0 Å². The molecule has 0 amide bonds. The lowest BCUT2D eigenvalue weighted by Crippen LogP contribution is -2.46. The van der Waals surface area contributed by atoms with Gasteiger partial charge < -0.3 is 24.4 Å². The fraction of sp³-hybridized carbons (Fsp3) is 0.579. The number of likely N-dealkylation sites (tertiary alicyclic amines) is 1. The van der Waals surface area contributed by atoms with Gasteiger partial charge in [0.15, 0.2) is 17.5 Å². The maximum atomic E-state index is 11.9. The third-order valence-corrected chi connectivity index (χ3v) is 5.24. The number of hydrogen-bond acceptors (Lipinski definition) is 5. The van der Waals surface area contributed by atoms with Gasteiger partial charge in [-0.2, -0.15) is 0 Å². The number of benzene rings is 1. The van der Waals surface area contributed by atoms with Crippen molar-refractivity contribution in [2.75, 3.05) is 33.0 Å². The molecule has 27 heavy (non-hydrogen) atoms. The number of fused-ring (bicyclic) bond motifs is 1. The molecule has 0 aliphatic carbocycles. The number of esters is 1. The summed E-state index contributed by atoms with van der Waals surface area (Å²) in [5.41, 5.74) is 1.04. The van der Waals surface area contributed by atoms with Crippen LogP contribution in [0.3, 0.4) is 0 Å². The van der Waals surface area contributed by atoms with Gasteiger partial charge in [0.2, 0.25) is 6.79 Å². The molecule has 3 rings (SSSR count). The van der Waals surface area contributed by atoms with Crippen LogP contribution in [0, 0.1) is 5.92 Å². The Bertz CT molecular complexity index is 702. The molecule has 1 saturated heterocycles. The highest BCUT2D eigenvalue weighted by Crippen LogP contribution is 2.40. The summed E-state index contributed by atoms with van der Waals surface area (Å²) < 4.78 is 16.9. The highest BCUT2D eigenvalue weighted by Gasteiger charge is 2.27. The van der Waals surface area contributed by atoms with Crippen LogP contribution in [0.4, 0.5) is 0 Å². The summed E-state index contributed by atoms with van der Waals surface area (Å²) in [5.74, 6) is 2.28. The number of carbonyl (C=O) groups is 1. The molecular formula is C19H26BrN3O4. The zero-order valence-corrected chi connectivity index (χ0v) is 17.4. The molecule has 0 radical (unpaired) electrons. The lowest BCUT2D eigenvalue weighted by atomic mass is 9.97. The van der Waals surface area contributed by atoms with Crippen molar-refractivity contribution in [3.8, 4) is 11.5 Å². The van der Waals surface area contributed by atoms with E-state index in [1.807, 2.05) is 19.1 Å². The Morgan fingerprint density at radius 1 is 1.33 bits per heavy atom. The fourth-order valence-corrected chi connectivity index (χ4v) is 3.90. The summed E-state index contributed by atoms with van der Waals surface area (Å²) in [7, 11) is 0. The summed E-state index contributed by atoms with van der Waals surface area (Å²) in [6, 6.07) is 3.97. The SMILES string of the molecule is CCNC(=NCc1cc(Br)c2c(c1)OCO2)N1CCC(C(=O)OCC)CC1. The Hall–Kier alpha value is -1.96. The first-order valence-corrected chi connectivity index (χ1v) is 10.2. The Kier molecular flexibility index (Phi) is 6.82. The molecule has 8 heteroatoms. The van der Waals surface area contributed by atoms with Crippen molar-refractivity contribution in [1.82, 2.24) is 10.2 Å². The normalized spacial score (nSPS) is 17.1. The van der Waals surface area contributed by atoms with E-state index in [1.54, 1.807) is 0 Å². The summed E-state index contributed by atoms with van der Waals surface area (Å²) >= 11 is 3.52. The van der Waals surface area contributed by atoms with Crippen LogP contribution in [0.15, 0.2) is 21.6 Å². The smallest absolute Gasteiger partial charge is 0.309 e. The molecular weight excluding hydrogens is 414 g/mol. The zero-order chi connectivity index (χ0) is 19.2.